The highest BCUT2D eigenvalue weighted by Gasteiger charge is 2.19. The molecule has 0 radical (unpaired) electrons. The molecule has 2 heterocycles. The Bertz CT molecular complexity index is 889. The first-order chi connectivity index (χ1) is 11.0. The summed E-state index contributed by atoms with van der Waals surface area (Å²) < 4.78 is 1.62. The monoisotopic (exact) mass is 351 g/mol. The van der Waals surface area contributed by atoms with Gasteiger partial charge in [-0.3, -0.25) is 4.79 Å². The number of aromatic nitrogens is 4. The number of hydrogen-bond donors (Lipinski definition) is 2. The molecule has 1 aromatic carbocycles. The van der Waals surface area contributed by atoms with Crippen molar-refractivity contribution in [1.82, 2.24) is 19.5 Å². The highest BCUT2D eigenvalue weighted by Crippen LogP contribution is 2.35. The Hall–Kier alpha value is -2.22. The first kappa shape index (κ1) is 15.7. The summed E-state index contributed by atoms with van der Waals surface area (Å²) in [7, 11) is 0. The van der Waals surface area contributed by atoms with Crippen molar-refractivity contribution in [2.24, 2.45) is 5.73 Å². The van der Waals surface area contributed by atoms with Crippen LogP contribution in [0, 0.1) is 0 Å². The molecule has 9 heteroatoms. The van der Waals surface area contributed by atoms with Crippen molar-refractivity contribution < 1.29 is 9.90 Å². The number of carbonyl (C=O) groups is 1. The average molecular weight is 352 g/mol. The Morgan fingerprint density at radius 3 is 2.57 bits per heavy atom. The minimum atomic E-state index is -0.749. The van der Waals surface area contributed by atoms with Gasteiger partial charge in [0.25, 0.3) is 5.91 Å². The fraction of sp³-hybridized carbons (Fsp3) is 0.143. The van der Waals surface area contributed by atoms with E-state index in [9.17, 15) is 9.90 Å². The van der Waals surface area contributed by atoms with Gasteiger partial charge < -0.3 is 15.4 Å². The lowest BCUT2D eigenvalue weighted by atomic mass is 10.2. The second kappa shape index (κ2) is 6.11. The second-order valence-corrected chi connectivity index (χ2v) is 5.49. The first-order valence-corrected chi connectivity index (χ1v) is 7.37. The Morgan fingerprint density at radius 1 is 1.26 bits per heavy atom. The molecule has 7 nitrogen and oxygen atoms in total. The molecule has 0 aliphatic heterocycles. The highest BCUT2D eigenvalue weighted by molar-refractivity contribution is 6.39. The molecule has 0 aliphatic carbocycles. The zero-order chi connectivity index (χ0) is 16.6. The van der Waals surface area contributed by atoms with E-state index in [0.717, 1.165) is 0 Å². The summed E-state index contributed by atoms with van der Waals surface area (Å²) in [5.41, 5.74) is 6.53. The predicted molar refractivity (Wildman–Crippen MR) is 86.4 cm³/mol. The van der Waals surface area contributed by atoms with Gasteiger partial charge in [0.1, 0.15) is 11.3 Å². The van der Waals surface area contributed by atoms with Gasteiger partial charge in [-0.1, -0.05) is 29.3 Å². The van der Waals surface area contributed by atoms with E-state index in [1.54, 1.807) is 22.8 Å². The van der Waals surface area contributed by atoms with Gasteiger partial charge in [0.05, 0.1) is 28.4 Å². The summed E-state index contributed by atoms with van der Waals surface area (Å²) in [5, 5.41) is 10.2. The predicted octanol–water partition coefficient (Wildman–Crippen LogP) is 1.89. The molecule has 3 rings (SSSR count). The van der Waals surface area contributed by atoms with Gasteiger partial charge in [-0.2, -0.15) is 0 Å². The molecule has 0 spiro atoms. The number of halogens is 2. The second-order valence-electron chi connectivity index (χ2n) is 4.67. The number of primary amides is 1. The van der Waals surface area contributed by atoms with Crippen molar-refractivity contribution in [3.05, 3.63) is 40.3 Å². The van der Waals surface area contributed by atoms with Crippen molar-refractivity contribution in [2.45, 2.75) is 6.54 Å². The molecular weight excluding hydrogens is 341 g/mol. The van der Waals surface area contributed by atoms with Crippen molar-refractivity contribution >= 4 is 40.3 Å². The van der Waals surface area contributed by atoms with Crippen LogP contribution in [-0.4, -0.2) is 37.1 Å². The zero-order valence-corrected chi connectivity index (χ0v) is 13.2. The number of fused-ring (bicyclic) bond motifs is 1. The van der Waals surface area contributed by atoms with E-state index in [0.29, 0.717) is 32.6 Å². The maximum absolute atomic E-state index is 11.3. The molecule has 0 aliphatic rings. The van der Waals surface area contributed by atoms with Crippen LogP contribution in [0.4, 0.5) is 0 Å². The number of carbonyl (C=O) groups excluding carboxylic acids is 1. The molecule has 0 saturated carbocycles. The third-order valence-corrected chi connectivity index (χ3v) is 3.85. The molecule has 118 valence electrons. The van der Waals surface area contributed by atoms with Gasteiger partial charge in [-0.15, -0.1) is 0 Å². The Morgan fingerprint density at radius 2 is 1.96 bits per heavy atom. The third-order valence-electron chi connectivity index (χ3n) is 3.22. The zero-order valence-electron chi connectivity index (χ0n) is 11.7. The number of hydrogen-bond acceptors (Lipinski definition) is 5. The topological polar surface area (TPSA) is 107 Å². The molecule has 0 unspecified atom stereocenters. The van der Waals surface area contributed by atoms with Crippen LogP contribution in [0.5, 0.6) is 0 Å². The quantitative estimate of drug-likeness (QED) is 0.746. The number of nitrogens with two attached hydrogens (primary N) is 1. The SMILES string of the molecule is NC(=O)c1ncc2nc(-c3c(Cl)cccc3Cl)n(CCO)c2n1. The lowest BCUT2D eigenvalue weighted by molar-refractivity contribution is 0.0990. The van der Waals surface area contributed by atoms with Crippen molar-refractivity contribution in [2.75, 3.05) is 6.61 Å². The van der Waals surface area contributed by atoms with E-state index in [-0.39, 0.29) is 19.0 Å². The van der Waals surface area contributed by atoms with E-state index in [1.165, 1.54) is 6.20 Å². The molecule has 0 atom stereocenters. The summed E-state index contributed by atoms with van der Waals surface area (Å²) in [5.74, 6) is -0.449. The number of nitrogens with zero attached hydrogens (tertiary/aromatic N) is 4. The van der Waals surface area contributed by atoms with Crippen LogP contribution in [0.2, 0.25) is 10.0 Å². The van der Waals surface area contributed by atoms with Crippen LogP contribution in [0.25, 0.3) is 22.6 Å². The number of aliphatic hydroxyl groups excluding tert-OH is 1. The molecule has 0 bridgehead atoms. The van der Waals surface area contributed by atoms with Crippen molar-refractivity contribution in [1.29, 1.82) is 0 Å². The third kappa shape index (κ3) is 2.74. The normalized spacial score (nSPS) is 11.1. The van der Waals surface area contributed by atoms with Gasteiger partial charge in [0, 0.05) is 6.54 Å². The van der Waals surface area contributed by atoms with Crippen LogP contribution < -0.4 is 5.73 Å². The standard InChI is InChI=1S/C14H11Cl2N5O2/c15-7-2-1-3-8(16)10(7)14-19-9-6-18-12(11(17)23)20-13(9)21(14)4-5-22/h1-3,6,22H,4-5H2,(H2,17,23). The number of aliphatic hydroxyl groups is 1. The molecule has 3 aromatic rings. The van der Waals surface area contributed by atoms with E-state index in [1.807, 2.05) is 0 Å². The van der Waals surface area contributed by atoms with Crippen molar-refractivity contribution in [3.8, 4) is 11.4 Å². The van der Waals surface area contributed by atoms with Gasteiger partial charge in [-0.05, 0) is 12.1 Å². The maximum atomic E-state index is 11.3. The van der Waals surface area contributed by atoms with Crippen LogP contribution in [0.15, 0.2) is 24.4 Å². The molecule has 0 fully saturated rings. The van der Waals surface area contributed by atoms with E-state index in [4.69, 9.17) is 28.9 Å². The molecule has 0 saturated heterocycles. The largest absolute Gasteiger partial charge is 0.395 e. The van der Waals surface area contributed by atoms with E-state index in [2.05, 4.69) is 15.0 Å². The van der Waals surface area contributed by atoms with Crippen molar-refractivity contribution in [3.63, 3.8) is 0 Å². The molecule has 1 amide bonds. The first-order valence-electron chi connectivity index (χ1n) is 6.61. The summed E-state index contributed by atoms with van der Waals surface area (Å²) in [4.78, 5) is 23.7. The fourth-order valence-electron chi connectivity index (χ4n) is 2.25. The smallest absolute Gasteiger partial charge is 0.286 e. The Kier molecular flexibility index (Phi) is 4.16. The Labute approximate surface area is 140 Å². The molecular formula is C14H11Cl2N5O2. The van der Waals surface area contributed by atoms with E-state index < -0.39 is 5.91 Å². The molecule has 23 heavy (non-hydrogen) atoms. The summed E-state index contributed by atoms with van der Waals surface area (Å²) >= 11 is 12.5. The lowest BCUT2D eigenvalue weighted by Crippen LogP contribution is -2.16. The summed E-state index contributed by atoms with van der Waals surface area (Å²) in [6.45, 7) is 0.0407. The number of imidazole rings is 1. The van der Waals surface area contributed by atoms with Gasteiger partial charge in [0.2, 0.25) is 5.82 Å². The lowest BCUT2D eigenvalue weighted by Gasteiger charge is -2.09. The van der Waals surface area contributed by atoms with Crippen LogP contribution in [-0.2, 0) is 6.54 Å². The minimum Gasteiger partial charge on any atom is -0.395 e. The van der Waals surface area contributed by atoms with Gasteiger partial charge in [-0.25, -0.2) is 15.0 Å². The molecule has 3 N–H and O–H groups in total. The fourth-order valence-corrected chi connectivity index (χ4v) is 2.82. The van der Waals surface area contributed by atoms with Crippen LogP contribution in [0.1, 0.15) is 10.6 Å². The van der Waals surface area contributed by atoms with Crippen LogP contribution in [0.3, 0.4) is 0 Å². The van der Waals surface area contributed by atoms with Gasteiger partial charge in [0.15, 0.2) is 5.65 Å². The highest BCUT2D eigenvalue weighted by atomic mass is 35.5. The number of rotatable bonds is 4. The number of benzene rings is 1. The summed E-state index contributed by atoms with van der Waals surface area (Å²) in [6, 6.07) is 5.09. The van der Waals surface area contributed by atoms with Gasteiger partial charge >= 0.3 is 0 Å². The van der Waals surface area contributed by atoms with Crippen LogP contribution >= 0.6 is 23.2 Å². The minimum absolute atomic E-state index is 0.131. The summed E-state index contributed by atoms with van der Waals surface area (Å²) in [6.07, 6.45) is 1.39. The Balaban J connectivity index is 2.32. The number of amides is 1. The van der Waals surface area contributed by atoms with E-state index >= 15 is 0 Å². The molecule has 2 aromatic heterocycles. The maximum Gasteiger partial charge on any atom is 0.286 e. The average Bonchev–Trinajstić information content (AvgIpc) is 2.85.